The third-order valence-corrected chi connectivity index (χ3v) is 5.72. The molecule has 158 valence electrons. The Labute approximate surface area is 178 Å². The molecule has 0 unspecified atom stereocenters. The van der Waals surface area contributed by atoms with E-state index in [-0.39, 0.29) is 11.8 Å². The van der Waals surface area contributed by atoms with Crippen LogP contribution in [0.15, 0.2) is 48.5 Å². The van der Waals surface area contributed by atoms with Gasteiger partial charge >= 0.3 is 0 Å². The number of anilines is 3. The van der Waals surface area contributed by atoms with E-state index in [4.69, 9.17) is 0 Å². The van der Waals surface area contributed by atoms with Crippen molar-refractivity contribution in [3.8, 4) is 0 Å². The van der Waals surface area contributed by atoms with Gasteiger partial charge in [-0.15, -0.1) is 0 Å². The fourth-order valence-corrected chi connectivity index (χ4v) is 3.93. The predicted molar refractivity (Wildman–Crippen MR) is 121 cm³/mol. The van der Waals surface area contributed by atoms with Gasteiger partial charge in [0, 0.05) is 56.7 Å². The highest BCUT2D eigenvalue weighted by Crippen LogP contribution is 2.30. The average Bonchev–Trinajstić information content (AvgIpc) is 3.54. The van der Waals surface area contributed by atoms with E-state index >= 15 is 0 Å². The van der Waals surface area contributed by atoms with Crippen LogP contribution in [0.2, 0.25) is 0 Å². The van der Waals surface area contributed by atoms with Crippen molar-refractivity contribution in [1.82, 2.24) is 4.90 Å². The quantitative estimate of drug-likeness (QED) is 0.740. The largest absolute Gasteiger partial charge is 0.369 e. The van der Waals surface area contributed by atoms with Crippen LogP contribution in [0.4, 0.5) is 17.1 Å². The molecule has 6 nitrogen and oxygen atoms in total. The molecule has 0 radical (unpaired) electrons. The van der Waals surface area contributed by atoms with Gasteiger partial charge in [0.25, 0.3) is 0 Å². The summed E-state index contributed by atoms with van der Waals surface area (Å²) in [6.45, 7) is 7.03. The van der Waals surface area contributed by atoms with Gasteiger partial charge in [0.15, 0.2) is 0 Å². The number of piperazine rings is 1. The molecule has 6 heteroatoms. The zero-order chi connectivity index (χ0) is 20.9. The number of amides is 2. The molecule has 2 fully saturated rings. The molecular formula is C24H30N4O2. The van der Waals surface area contributed by atoms with Crippen LogP contribution in [0.25, 0.3) is 0 Å². The highest BCUT2D eigenvalue weighted by Gasteiger charge is 2.26. The smallest absolute Gasteiger partial charge is 0.228 e. The summed E-state index contributed by atoms with van der Waals surface area (Å²) in [6, 6.07) is 15.5. The summed E-state index contributed by atoms with van der Waals surface area (Å²) in [5.74, 6) is 0.787. The lowest BCUT2D eigenvalue weighted by Crippen LogP contribution is -2.47. The minimum atomic E-state index is -0.107. The molecule has 1 heterocycles. The summed E-state index contributed by atoms with van der Waals surface area (Å²) < 4.78 is 0. The Balaban J connectivity index is 1.29. The molecule has 0 bridgehead atoms. The number of hydrogen-bond acceptors (Lipinski definition) is 4. The predicted octanol–water partition coefficient (Wildman–Crippen LogP) is 3.36. The Kier molecular flexibility index (Phi) is 6.33. The van der Waals surface area contributed by atoms with Gasteiger partial charge < -0.3 is 15.5 Å². The molecule has 2 N–H and O–H groups in total. The minimum absolute atomic E-state index is 0.0475. The first-order chi connectivity index (χ1) is 14.5. The third-order valence-electron chi connectivity index (χ3n) is 5.72. The fraction of sp³-hybridized carbons (Fsp3) is 0.417. The molecule has 2 aromatic rings. The number of carbonyl (C=O) groups excluding carboxylic acids is 2. The van der Waals surface area contributed by atoms with Crippen molar-refractivity contribution in [2.45, 2.75) is 26.2 Å². The van der Waals surface area contributed by atoms with Crippen molar-refractivity contribution in [3.05, 3.63) is 54.1 Å². The third kappa shape index (κ3) is 5.83. The van der Waals surface area contributed by atoms with E-state index in [1.807, 2.05) is 36.4 Å². The topological polar surface area (TPSA) is 64.7 Å². The van der Waals surface area contributed by atoms with Crippen molar-refractivity contribution in [3.63, 3.8) is 0 Å². The van der Waals surface area contributed by atoms with Crippen LogP contribution in [0.5, 0.6) is 0 Å². The van der Waals surface area contributed by atoms with Crippen LogP contribution in [0, 0.1) is 5.92 Å². The van der Waals surface area contributed by atoms with E-state index in [9.17, 15) is 9.59 Å². The van der Waals surface area contributed by atoms with E-state index in [1.54, 1.807) is 0 Å². The van der Waals surface area contributed by atoms with Gasteiger partial charge in [0.05, 0.1) is 6.42 Å². The van der Waals surface area contributed by atoms with Crippen LogP contribution in [0.3, 0.4) is 0 Å². The van der Waals surface area contributed by atoms with Gasteiger partial charge in [-0.1, -0.05) is 18.2 Å². The Bertz CT molecular complexity index is 884. The number of nitrogens with one attached hydrogen (secondary N) is 2. The Morgan fingerprint density at radius 3 is 2.33 bits per heavy atom. The van der Waals surface area contributed by atoms with Crippen molar-refractivity contribution in [1.29, 1.82) is 0 Å². The first-order valence-electron chi connectivity index (χ1n) is 10.8. The summed E-state index contributed by atoms with van der Waals surface area (Å²) in [7, 11) is 0. The molecule has 2 amide bonds. The molecule has 1 saturated carbocycles. The molecule has 2 aromatic carbocycles. The number of hydrogen-bond donors (Lipinski definition) is 2. The summed E-state index contributed by atoms with van der Waals surface area (Å²) in [5.41, 5.74) is 3.63. The highest BCUT2D eigenvalue weighted by atomic mass is 16.2. The molecule has 0 aromatic heterocycles. The highest BCUT2D eigenvalue weighted by molar-refractivity contribution is 5.93. The van der Waals surface area contributed by atoms with E-state index in [2.05, 4.69) is 32.6 Å². The lowest BCUT2D eigenvalue weighted by Gasteiger charge is -2.36. The van der Waals surface area contributed by atoms with E-state index in [1.165, 1.54) is 32.0 Å². The lowest BCUT2D eigenvalue weighted by atomic mass is 10.1. The molecule has 30 heavy (non-hydrogen) atoms. The van der Waals surface area contributed by atoms with E-state index in [0.29, 0.717) is 6.42 Å². The van der Waals surface area contributed by atoms with E-state index < -0.39 is 0 Å². The molecule has 1 saturated heterocycles. The van der Waals surface area contributed by atoms with Gasteiger partial charge in [-0.3, -0.25) is 14.5 Å². The molecule has 2 aliphatic rings. The number of carbonyl (C=O) groups is 2. The second kappa shape index (κ2) is 9.30. The zero-order valence-electron chi connectivity index (χ0n) is 17.6. The van der Waals surface area contributed by atoms with Crippen LogP contribution in [-0.2, 0) is 16.0 Å². The standard InChI is InChI=1S/C24H30N4O2/c1-18(29)25-21-9-7-19(8-10-21)15-24(30)26-22-3-2-4-23(16-22)28-13-11-27(12-14-28)17-20-5-6-20/h2-4,7-10,16,20H,5-6,11-15,17H2,1H3,(H,25,29)(H,26,30). The maximum Gasteiger partial charge on any atom is 0.228 e. The normalized spacial score (nSPS) is 16.9. The van der Waals surface area contributed by atoms with Gasteiger partial charge in [0.2, 0.25) is 11.8 Å². The summed E-state index contributed by atoms with van der Waals surface area (Å²) >= 11 is 0. The number of rotatable bonds is 7. The summed E-state index contributed by atoms with van der Waals surface area (Å²) in [5, 5.41) is 5.74. The second-order valence-electron chi connectivity index (χ2n) is 8.38. The lowest BCUT2D eigenvalue weighted by molar-refractivity contribution is -0.116. The van der Waals surface area contributed by atoms with Crippen molar-refractivity contribution in [2.24, 2.45) is 5.92 Å². The van der Waals surface area contributed by atoms with Crippen molar-refractivity contribution < 1.29 is 9.59 Å². The van der Waals surface area contributed by atoms with Gasteiger partial charge in [-0.05, 0) is 54.7 Å². The molecule has 4 rings (SSSR count). The Morgan fingerprint density at radius 2 is 1.67 bits per heavy atom. The molecule has 0 atom stereocenters. The average molecular weight is 407 g/mol. The Morgan fingerprint density at radius 1 is 0.933 bits per heavy atom. The van der Waals surface area contributed by atoms with E-state index in [0.717, 1.165) is 49.0 Å². The van der Waals surface area contributed by atoms with Crippen molar-refractivity contribution >= 4 is 28.9 Å². The number of benzene rings is 2. The van der Waals surface area contributed by atoms with Gasteiger partial charge in [0.1, 0.15) is 0 Å². The van der Waals surface area contributed by atoms with Crippen LogP contribution < -0.4 is 15.5 Å². The second-order valence-corrected chi connectivity index (χ2v) is 8.38. The zero-order valence-corrected chi connectivity index (χ0v) is 17.6. The van der Waals surface area contributed by atoms with Crippen molar-refractivity contribution in [2.75, 3.05) is 48.3 Å². The molecule has 1 aliphatic carbocycles. The minimum Gasteiger partial charge on any atom is -0.369 e. The maximum atomic E-state index is 12.5. The van der Waals surface area contributed by atoms with Crippen LogP contribution in [0.1, 0.15) is 25.3 Å². The maximum absolute atomic E-state index is 12.5. The molecule has 1 aliphatic heterocycles. The SMILES string of the molecule is CC(=O)Nc1ccc(CC(=O)Nc2cccc(N3CCN(CC4CC4)CC3)c2)cc1. The van der Waals surface area contributed by atoms with Crippen LogP contribution in [-0.4, -0.2) is 49.4 Å². The Hall–Kier alpha value is -2.86. The summed E-state index contributed by atoms with van der Waals surface area (Å²) in [4.78, 5) is 28.6. The fourth-order valence-electron chi connectivity index (χ4n) is 3.93. The monoisotopic (exact) mass is 406 g/mol. The molecular weight excluding hydrogens is 376 g/mol. The van der Waals surface area contributed by atoms with Crippen LogP contribution >= 0.6 is 0 Å². The number of nitrogens with zero attached hydrogens (tertiary/aromatic N) is 2. The first kappa shape index (κ1) is 20.4. The summed E-state index contributed by atoms with van der Waals surface area (Å²) in [6.07, 6.45) is 3.10. The van der Waals surface area contributed by atoms with Gasteiger partial charge in [-0.2, -0.15) is 0 Å². The van der Waals surface area contributed by atoms with Gasteiger partial charge in [-0.25, -0.2) is 0 Å². The first-order valence-corrected chi connectivity index (χ1v) is 10.8. The molecule has 0 spiro atoms.